The van der Waals surface area contributed by atoms with Gasteiger partial charge in [-0.05, 0) is 6.92 Å². The van der Waals surface area contributed by atoms with Crippen LogP contribution in [0.5, 0.6) is 0 Å². The molecule has 0 radical (unpaired) electrons. The number of carbonyl (C=O) groups is 1. The predicted octanol–water partition coefficient (Wildman–Crippen LogP) is 1.58. The number of aryl methyl sites for hydroxylation is 1. The van der Waals surface area contributed by atoms with E-state index in [0.29, 0.717) is 4.88 Å². The van der Waals surface area contributed by atoms with Crippen LogP contribution in [0.2, 0.25) is 0 Å². The van der Waals surface area contributed by atoms with Crippen LogP contribution in [0, 0.1) is 6.92 Å². The molecule has 3 aromatic rings. The number of thiazole rings is 1. The molecule has 0 aromatic carbocycles. The first-order chi connectivity index (χ1) is 10.7. The molecule has 3 aromatic heterocycles. The maximum Gasteiger partial charge on any atom is 0.349 e. The maximum absolute atomic E-state index is 11.6. The molecule has 1 aliphatic rings. The number of nitrogens with zero attached hydrogens (tertiary/aromatic N) is 4. The lowest BCUT2D eigenvalue weighted by Crippen LogP contribution is -2.31. The molecule has 0 saturated carbocycles. The summed E-state index contributed by atoms with van der Waals surface area (Å²) in [5.41, 5.74) is 2.08. The molecule has 1 N–H and O–H groups in total. The molecule has 22 heavy (non-hydrogen) atoms. The number of carbonyl (C=O) groups excluding carboxylic acids is 1. The second kappa shape index (κ2) is 5.11. The average Bonchev–Trinajstić information content (AvgIpc) is 3.19. The van der Waals surface area contributed by atoms with Crippen molar-refractivity contribution in [1.29, 1.82) is 0 Å². The van der Waals surface area contributed by atoms with Crippen LogP contribution in [0.15, 0.2) is 6.20 Å². The number of methoxy groups -OCH3 is 1. The Bertz CT molecular complexity index is 865. The van der Waals surface area contributed by atoms with Crippen LogP contribution in [-0.2, 0) is 11.2 Å². The van der Waals surface area contributed by atoms with Gasteiger partial charge in [-0.15, -0.1) is 11.3 Å². The molecule has 1 atom stereocenters. The molecule has 0 saturated heterocycles. The lowest BCUT2D eigenvalue weighted by atomic mass is 10.1. The summed E-state index contributed by atoms with van der Waals surface area (Å²) in [4.78, 5) is 22.1. The maximum atomic E-state index is 11.6. The van der Waals surface area contributed by atoms with Crippen LogP contribution in [0.1, 0.15) is 37.1 Å². The van der Waals surface area contributed by atoms with Gasteiger partial charge in [-0.2, -0.15) is 5.10 Å². The minimum atomic E-state index is -0.359. The number of rotatable bonds is 2. The third-order valence-corrected chi connectivity index (χ3v) is 5.42. The summed E-state index contributed by atoms with van der Waals surface area (Å²) in [6.45, 7) is 2.80. The van der Waals surface area contributed by atoms with Gasteiger partial charge in [0.05, 0.1) is 24.7 Å². The Hall–Kier alpha value is -1.84. The summed E-state index contributed by atoms with van der Waals surface area (Å²) in [6.07, 6.45) is 2.43. The number of ether oxygens (including phenoxy) is 1. The van der Waals surface area contributed by atoms with Crippen LogP contribution in [-0.4, -0.2) is 39.2 Å². The summed E-state index contributed by atoms with van der Waals surface area (Å²) >= 11 is 2.92. The molecule has 0 amide bonds. The zero-order chi connectivity index (χ0) is 15.3. The van der Waals surface area contributed by atoms with Crippen LogP contribution >= 0.6 is 22.7 Å². The van der Waals surface area contributed by atoms with Gasteiger partial charge in [0.2, 0.25) is 4.96 Å². The van der Waals surface area contributed by atoms with Crippen molar-refractivity contribution in [2.75, 3.05) is 13.7 Å². The summed E-state index contributed by atoms with van der Waals surface area (Å²) in [7, 11) is 1.37. The molecule has 1 aliphatic heterocycles. The van der Waals surface area contributed by atoms with Crippen LogP contribution in [0.25, 0.3) is 4.96 Å². The Morgan fingerprint density at radius 1 is 1.50 bits per heavy atom. The van der Waals surface area contributed by atoms with Gasteiger partial charge < -0.3 is 10.1 Å². The lowest BCUT2D eigenvalue weighted by Gasteiger charge is -2.21. The fraction of sp³-hybridized carbons (Fsp3) is 0.385. The third kappa shape index (κ3) is 2.04. The van der Waals surface area contributed by atoms with E-state index in [1.54, 1.807) is 17.5 Å². The molecule has 1 unspecified atom stereocenters. The summed E-state index contributed by atoms with van der Waals surface area (Å²) in [6, 6.07) is -0.0938. The monoisotopic (exact) mass is 335 g/mol. The fourth-order valence-electron chi connectivity index (χ4n) is 2.63. The first-order valence-electron chi connectivity index (χ1n) is 6.79. The number of fused-ring (bicyclic) bond motifs is 3. The van der Waals surface area contributed by atoms with E-state index in [0.717, 1.165) is 39.3 Å². The highest BCUT2D eigenvalue weighted by Crippen LogP contribution is 2.33. The fourth-order valence-corrected chi connectivity index (χ4v) is 4.31. The molecular formula is C13H13N5O2S2. The molecule has 0 bridgehead atoms. The van der Waals surface area contributed by atoms with Crippen molar-refractivity contribution >= 4 is 33.6 Å². The second-order valence-corrected chi connectivity index (χ2v) is 7.17. The van der Waals surface area contributed by atoms with E-state index in [4.69, 9.17) is 4.74 Å². The summed E-state index contributed by atoms with van der Waals surface area (Å²) < 4.78 is 6.64. The van der Waals surface area contributed by atoms with Gasteiger partial charge >= 0.3 is 5.97 Å². The molecule has 9 heteroatoms. The van der Waals surface area contributed by atoms with Crippen molar-refractivity contribution in [3.63, 3.8) is 0 Å². The first kappa shape index (κ1) is 13.8. The largest absolute Gasteiger partial charge is 0.465 e. The summed E-state index contributed by atoms with van der Waals surface area (Å²) in [5.74, 6) is -0.359. The standard InChI is InChI=1S/C13H13N5O2S2/c1-6-17-18-10-7(16-13(18)21-6)3-4-14-9(10)11-15-5-8(22-11)12(19)20-2/h5,9,14H,3-4H2,1-2H3. The Labute approximate surface area is 134 Å². The zero-order valence-corrected chi connectivity index (χ0v) is 13.6. The van der Waals surface area contributed by atoms with E-state index < -0.39 is 0 Å². The molecule has 7 nitrogen and oxygen atoms in total. The van der Waals surface area contributed by atoms with Gasteiger partial charge in [0.25, 0.3) is 0 Å². The van der Waals surface area contributed by atoms with Crippen molar-refractivity contribution in [1.82, 2.24) is 24.9 Å². The molecule has 0 aliphatic carbocycles. The van der Waals surface area contributed by atoms with E-state index >= 15 is 0 Å². The van der Waals surface area contributed by atoms with Crippen molar-refractivity contribution in [3.8, 4) is 0 Å². The Kier molecular flexibility index (Phi) is 3.21. The highest BCUT2D eigenvalue weighted by molar-refractivity contribution is 7.16. The minimum Gasteiger partial charge on any atom is -0.465 e. The number of imidazole rings is 1. The Morgan fingerprint density at radius 2 is 2.36 bits per heavy atom. The van der Waals surface area contributed by atoms with Gasteiger partial charge in [0.15, 0.2) is 0 Å². The predicted molar refractivity (Wildman–Crippen MR) is 82.6 cm³/mol. The molecular weight excluding hydrogens is 322 g/mol. The number of hydrogen-bond donors (Lipinski definition) is 1. The quantitative estimate of drug-likeness (QED) is 0.716. The molecule has 4 rings (SSSR count). The topological polar surface area (TPSA) is 81.4 Å². The van der Waals surface area contributed by atoms with Gasteiger partial charge in [0.1, 0.15) is 20.9 Å². The van der Waals surface area contributed by atoms with Crippen molar-refractivity contribution in [2.24, 2.45) is 0 Å². The van der Waals surface area contributed by atoms with E-state index in [9.17, 15) is 4.79 Å². The number of nitrogens with one attached hydrogen (secondary N) is 1. The number of esters is 1. The van der Waals surface area contributed by atoms with Crippen molar-refractivity contribution < 1.29 is 9.53 Å². The van der Waals surface area contributed by atoms with Gasteiger partial charge in [-0.1, -0.05) is 11.3 Å². The highest BCUT2D eigenvalue weighted by Gasteiger charge is 2.30. The highest BCUT2D eigenvalue weighted by atomic mass is 32.1. The number of aromatic nitrogens is 4. The molecule has 0 fully saturated rings. The van der Waals surface area contributed by atoms with E-state index in [2.05, 4.69) is 20.4 Å². The van der Waals surface area contributed by atoms with E-state index in [1.165, 1.54) is 18.4 Å². The zero-order valence-electron chi connectivity index (χ0n) is 12.0. The van der Waals surface area contributed by atoms with Crippen molar-refractivity contribution in [2.45, 2.75) is 19.4 Å². The third-order valence-electron chi connectivity index (χ3n) is 3.56. The molecule has 114 valence electrons. The summed E-state index contributed by atoms with van der Waals surface area (Å²) in [5, 5.41) is 9.79. The second-order valence-electron chi connectivity index (χ2n) is 4.95. The first-order valence-corrected chi connectivity index (χ1v) is 8.43. The smallest absolute Gasteiger partial charge is 0.349 e. The SMILES string of the molecule is COC(=O)c1cnc(C2NCCc3nc4sc(C)nn4c32)s1. The van der Waals surface area contributed by atoms with Crippen LogP contribution < -0.4 is 5.32 Å². The average molecular weight is 335 g/mol. The van der Waals surface area contributed by atoms with Gasteiger partial charge in [-0.3, -0.25) is 0 Å². The Morgan fingerprint density at radius 3 is 3.18 bits per heavy atom. The van der Waals surface area contributed by atoms with Gasteiger partial charge in [0, 0.05) is 13.0 Å². The molecule has 4 heterocycles. The minimum absolute atomic E-state index is 0.0938. The lowest BCUT2D eigenvalue weighted by molar-refractivity contribution is 0.0606. The van der Waals surface area contributed by atoms with E-state index in [-0.39, 0.29) is 12.0 Å². The van der Waals surface area contributed by atoms with Gasteiger partial charge in [-0.25, -0.2) is 19.3 Å². The van der Waals surface area contributed by atoms with Crippen LogP contribution in [0.4, 0.5) is 0 Å². The normalized spacial score (nSPS) is 17.6. The molecule has 0 spiro atoms. The van der Waals surface area contributed by atoms with Crippen molar-refractivity contribution in [3.05, 3.63) is 32.5 Å². The van der Waals surface area contributed by atoms with Crippen LogP contribution in [0.3, 0.4) is 0 Å². The number of hydrogen-bond acceptors (Lipinski definition) is 8. The Balaban J connectivity index is 1.81. The van der Waals surface area contributed by atoms with E-state index in [1.807, 2.05) is 11.4 Å².